The van der Waals surface area contributed by atoms with Gasteiger partial charge in [-0.15, -0.1) is 0 Å². The van der Waals surface area contributed by atoms with Crippen molar-refractivity contribution < 1.29 is 4.92 Å². The van der Waals surface area contributed by atoms with E-state index in [1.165, 1.54) is 31.5 Å². The van der Waals surface area contributed by atoms with Gasteiger partial charge in [0.2, 0.25) is 0 Å². The largest absolute Gasteiger partial charge is 0.363 e. The molecule has 1 aromatic heterocycles. The quantitative estimate of drug-likeness (QED) is 0.623. The molecule has 0 aromatic carbocycles. The molecule has 0 aliphatic carbocycles. The maximum absolute atomic E-state index is 10.4. The molecule has 6 heteroatoms. The number of nitrogens with one attached hydrogen (secondary N) is 1. The molecule has 0 bridgehead atoms. The van der Waals surface area contributed by atoms with E-state index in [-0.39, 0.29) is 5.82 Å². The van der Waals surface area contributed by atoms with Crippen molar-refractivity contribution in [2.45, 2.75) is 19.3 Å². The average Bonchev–Trinajstić information content (AvgIpc) is 2.31. The lowest BCUT2D eigenvalue weighted by Crippen LogP contribution is -2.34. The first-order chi connectivity index (χ1) is 7.75. The third-order valence-corrected chi connectivity index (χ3v) is 2.58. The maximum Gasteiger partial charge on any atom is 0.363 e. The van der Waals surface area contributed by atoms with Gasteiger partial charge in [0.15, 0.2) is 6.20 Å². The summed E-state index contributed by atoms with van der Waals surface area (Å²) in [5.74, 6) is -0.121. The lowest BCUT2D eigenvalue weighted by molar-refractivity contribution is -0.389. The lowest BCUT2D eigenvalue weighted by Gasteiger charge is -2.27. The van der Waals surface area contributed by atoms with Gasteiger partial charge in [-0.25, -0.2) is 5.01 Å². The number of pyridine rings is 1. The SMILES string of the molecule is O=[N+]([O-])c1ccc(NN2CCCCC2)cn1. The van der Waals surface area contributed by atoms with Crippen LogP contribution in [0.25, 0.3) is 0 Å². The smallest absolute Gasteiger partial charge is 0.358 e. The summed E-state index contributed by atoms with van der Waals surface area (Å²) in [4.78, 5) is 13.7. The third kappa shape index (κ3) is 2.66. The van der Waals surface area contributed by atoms with Crippen LogP contribution >= 0.6 is 0 Å². The summed E-state index contributed by atoms with van der Waals surface area (Å²) < 4.78 is 0. The Morgan fingerprint density at radius 1 is 1.31 bits per heavy atom. The molecule has 0 unspecified atom stereocenters. The predicted octanol–water partition coefficient (Wildman–Crippen LogP) is 1.80. The van der Waals surface area contributed by atoms with Crippen LogP contribution in [0, 0.1) is 10.1 Å². The van der Waals surface area contributed by atoms with Crippen LogP contribution in [0.1, 0.15) is 19.3 Å². The fourth-order valence-corrected chi connectivity index (χ4v) is 1.75. The van der Waals surface area contributed by atoms with E-state index in [1.54, 1.807) is 6.07 Å². The van der Waals surface area contributed by atoms with E-state index in [2.05, 4.69) is 15.4 Å². The molecule has 0 radical (unpaired) electrons. The van der Waals surface area contributed by atoms with Crippen LogP contribution in [0.15, 0.2) is 18.3 Å². The van der Waals surface area contributed by atoms with Gasteiger partial charge in [0, 0.05) is 19.2 Å². The number of aromatic nitrogens is 1. The molecule has 6 nitrogen and oxygen atoms in total. The van der Waals surface area contributed by atoms with Gasteiger partial charge in [-0.1, -0.05) is 6.42 Å². The first-order valence-electron chi connectivity index (χ1n) is 5.38. The van der Waals surface area contributed by atoms with Gasteiger partial charge in [-0.2, -0.15) is 0 Å². The van der Waals surface area contributed by atoms with Crippen LogP contribution in [-0.4, -0.2) is 28.0 Å². The first kappa shape index (κ1) is 10.8. The summed E-state index contributed by atoms with van der Waals surface area (Å²) >= 11 is 0. The summed E-state index contributed by atoms with van der Waals surface area (Å²) in [6, 6.07) is 3.09. The van der Waals surface area contributed by atoms with Crippen molar-refractivity contribution in [1.82, 2.24) is 9.99 Å². The number of hydrogen-bond acceptors (Lipinski definition) is 5. The fourth-order valence-electron chi connectivity index (χ4n) is 1.75. The van der Waals surface area contributed by atoms with E-state index in [4.69, 9.17) is 0 Å². The zero-order valence-corrected chi connectivity index (χ0v) is 8.93. The number of anilines is 1. The topological polar surface area (TPSA) is 71.3 Å². The Labute approximate surface area is 93.4 Å². The van der Waals surface area contributed by atoms with E-state index >= 15 is 0 Å². The molecule has 1 N–H and O–H groups in total. The minimum atomic E-state index is -0.495. The van der Waals surface area contributed by atoms with Gasteiger partial charge in [0.25, 0.3) is 0 Å². The molecule has 2 rings (SSSR count). The predicted molar refractivity (Wildman–Crippen MR) is 59.9 cm³/mol. The molecular weight excluding hydrogens is 208 g/mol. The molecule has 1 aromatic rings. The van der Waals surface area contributed by atoms with Crippen molar-refractivity contribution in [2.24, 2.45) is 0 Å². The van der Waals surface area contributed by atoms with Gasteiger partial charge in [-0.05, 0) is 28.8 Å². The standard InChI is InChI=1S/C10H14N4O2/c15-14(16)10-5-4-9(8-11-10)12-13-6-2-1-3-7-13/h4-5,8,12H,1-3,6-7H2. The van der Waals surface area contributed by atoms with E-state index in [9.17, 15) is 10.1 Å². The van der Waals surface area contributed by atoms with Gasteiger partial charge in [-0.3, -0.25) is 0 Å². The molecular formula is C10H14N4O2. The molecule has 1 aliphatic rings. The van der Waals surface area contributed by atoms with E-state index in [0.29, 0.717) is 0 Å². The van der Waals surface area contributed by atoms with Gasteiger partial charge < -0.3 is 15.5 Å². The molecule has 0 saturated carbocycles. The van der Waals surface area contributed by atoms with Crippen molar-refractivity contribution in [1.29, 1.82) is 0 Å². The summed E-state index contributed by atoms with van der Waals surface area (Å²) in [6.07, 6.45) is 5.14. The molecule has 86 valence electrons. The number of hydrogen-bond donors (Lipinski definition) is 1. The highest BCUT2D eigenvalue weighted by Crippen LogP contribution is 2.14. The summed E-state index contributed by atoms with van der Waals surface area (Å²) in [6.45, 7) is 2.02. The molecule has 16 heavy (non-hydrogen) atoms. The van der Waals surface area contributed by atoms with Crippen LogP contribution in [-0.2, 0) is 0 Å². The van der Waals surface area contributed by atoms with Crippen molar-refractivity contribution >= 4 is 11.5 Å². The second-order valence-electron chi connectivity index (χ2n) is 3.82. The summed E-state index contributed by atoms with van der Waals surface area (Å²) in [5, 5.41) is 12.5. The molecule has 2 heterocycles. The molecule has 0 amide bonds. The Kier molecular flexibility index (Phi) is 3.31. The number of hydrazine groups is 1. The van der Waals surface area contributed by atoms with Crippen molar-refractivity contribution in [3.63, 3.8) is 0 Å². The zero-order chi connectivity index (χ0) is 11.4. The van der Waals surface area contributed by atoms with Crippen LogP contribution < -0.4 is 5.43 Å². The van der Waals surface area contributed by atoms with Crippen LogP contribution in [0.2, 0.25) is 0 Å². The minimum absolute atomic E-state index is 0.121. The second-order valence-corrected chi connectivity index (χ2v) is 3.82. The van der Waals surface area contributed by atoms with E-state index < -0.39 is 4.92 Å². The monoisotopic (exact) mass is 222 g/mol. The highest BCUT2D eigenvalue weighted by molar-refractivity contribution is 5.42. The third-order valence-electron chi connectivity index (χ3n) is 2.58. The molecule has 0 atom stereocenters. The maximum atomic E-state index is 10.4. The number of rotatable bonds is 3. The highest BCUT2D eigenvalue weighted by atomic mass is 16.6. The van der Waals surface area contributed by atoms with E-state index in [0.717, 1.165) is 18.8 Å². The highest BCUT2D eigenvalue weighted by Gasteiger charge is 2.11. The Bertz CT molecular complexity index is 360. The Morgan fingerprint density at radius 2 is 2.06 bits per heavy atom. The Hall–Kier alpha value is -1.69. The molecule has 0 spiro atoms. The van der Waals surface area contributed by atoms with Gasteiger partial charge >= 0.3 is 5.82 Å². The summed E-state index contributed by atoms with van der Waals surface area (Å²) in [7, 11) is 0. The summed E-state index contributed by atoms with van der Waals surface area (Å²) in [5.41, 5.74) is 3.99. The van der Waals surface area contributed by atoms with Crippen molar-refractivity contribution in [2.75, 3.05) is 18.5 Å². The lowest BCUT2D eigenvalue weighted by atomic mass is 10.2. The minimum Gasteiger partial charge on any atom is -0.358 e. The Morgan fingerprint density at radius 3 is 2.62 bits per heavy atom. The van der Waals surface area contributed by atoms with Crippen LogP contribution in [0.5, 0.6) is 0 Å². The number of nitrogens with zero attached hydrogens (tertiary/aromatic N) is 3. The van der Waals surface area contributed by atoms with Crippen LogP contribution in [0.3, 0.4) is 0 Å². The molecule has 1 fully saturated rings. The van der Waals surface area contributed by atoms with Crippen LogP contribution in [0.4, 0.5) is 11.5 Å². The zero-order valence-electron chi connectivity index (χ0n) is 8.93. The number of nitro groups is 1. The van der Waals surface area contributed by atoms with Crippen molar-refractivity contribution in [3.05, 3.63) is 28.4 Å². The average molecular weight is 222 g/mol. The number of piperidine rings is 1. The van der Waals surface area contributed by atoms with Gasteiger partial charge in [0.05, 0.1) is 5.69 Å². The van der Waals surface area contributed by atoms with Gasteiger partial charge in [0.1, 0.15) is 0 Å². The molecule has 1 aliphatic heterocycles. The normalized spacial score (nSPS) is 17.0. The molecule has 1 saturated heterocycles. The van der Waals surface area contributed by atoms with E-state index in [1.807, 2.05) is 0 Å². The Balaban J connectivity index is 1.96. The fraction of sp³-hybridized carbons (Fsp3) is 0.500. The first-order valence-corrected chi connectivity index (χ1v) is 5.38. The second kappa shape index (κ2) is 4.89. The van der Waals surface area contributed by atoms with Crippen molar-refractivity contribution in [3.8, 4) is 0 Å².